The Morgan fingerprint density at radius 2 is 1.74 bits per heavy atom. The third-order valence-corrected chi connectivity index (χ3v) is 5.57. The largest absolute Gasteiger partial charge is 0.481 e. The first-order valence-corrected chi connectivity index (χ1v) is 7.48. The average Bonchev–Trinajstić information content (AvgIpc) is 2.70. The molecule has 9 heteroatoms. The Labute approximate surface area is 110 Å². The van der Waals surface area contributed by atoms with Crippen LogP contribution in [-0.2, 0) is 15.0 Å². The van der Waals surface area contributed by atoms with Crippen LogP contribution in [0, 0.1) is 5.92 Å². The Morgan fingerprint density at radius 1 is 1.16 bits per heavy atom. The SMILES string of the molecule is O=C(O)C1CCN(S(=O)(=O)N2CCC(F)(F)C2)CC1. The lowest BCUT2D eigenvalue weighted by Crippen LogP contribution is -2.47. The summed E-state index contributed by atoms with van der Waals surface area (Å²) in [7, 11) is -3.89. The van der Waals surface area contributed by atoms with Crippen molar-refractivity contribution in [2.45, 2.75) is 25.2 Å². The number of halogens is 2. The molecule has 2 rings (SSSR count). The van der Waals surface area contributed by atoms with Crippen LogP contribution in [-0.4, -0.2) is 60.2 Å². The summed E-state index contributed by atoms with van der Waals surface area (Å²) in [5, 5.41) is 8.83. The molecule has 6 nitrogen and oxygen atoms in total. The van der Waals surface area contributed by atoms with Gasteiger partial charge in [-0.1, -0.05) is 0 Å². The summed E-state index contributed by atoms with van der Waals surface area (Å²) >= 11 is 0. The van der Waals surface area contributed by atoms with Crippen molar-refractivity contribution in [3.63, 3.8) is 0 Å². The number of alkyl halides is 2. The van der Waals surface area contributed by atoms with Crippen molar-refractivity contribution < 1.29 is 27.1 Å². The first-order chi connectivity index (χ1) is 8.72. The Morgan fingerprint density at radius 3 is 2.16 bits per heavy atom. The van der Waals surface area contributed by atoms with Gasteiger partial charge in [0, 0.05) is 26.1 Å². The van der Waals surface area contributed by atoms with Crippen molar-refractivity contribution >= 4 is 16.2 Å². The van der Waals surface area contributed by atoms with E-state index >= 15 is 0 Å². The fourth-order valence-corrected chi connectivity index (χ4v) is 4.07. The lowest BCUT2D eigenvalue weighted by Gasteiger charge is -2.32. The molecule has 2 aliphatic rings. The molecule has 0 amide bonds. The topological polar surface area (TPSA) is 77.9 Å². The molecule has 2 heterocycles. The van der Waals surface area contributed by atoms with E-state index in [0.29, 0.717) is 0 Å². The number of carboxylic acid groups (broad SMARTS) is 1. The number of piperidine rings is 1. The normalized spacial score (nSPS) is 26.6. The van der Waals surface area contributed by atoms with E-state index in [-0.39, 0.29) is 32.5 Å². The molecule has 0 saturated carbocycles. The van der Waals surface area contributed by atoms with E-state index in [1.165, 1.54) is 0 Å². The highest BCUT2D eigenvalue weighted by molar-refractivity contribution is 7.86. The zero-order chi connectivity index (χ0) is 14.3. The van der Waals surface area contributed by atoms with Crippen molar-refractivity contribution in [1.82, 2.24) is 8.61 Å². The minimum absolute atomic E-state index is 0.0708. The standard InChI is InChI=1S/C10H16F2N2O4S/c11-10(12)3-6-14(7-10)19(17,18)13-4-1-8(2-5-13)9(15)16/h8H,1-7H2,(H,15,16). The quantitative estimate of drug-likeness (QED) is 0.816. The third-order valence-electron chi connectivity index (χ3n) is 3.59. The zero-order valence-electron chi connectivity index (χ0n) is 10.3. The monoisotopic (exact) mass is 298 g/mol. The molecular formula is C10H16F2N2O4S. The fraction of sp³-hybridized carbons (Fsp3) is 0.900. The molecule has 19 heavy (non-hydrogen) atoms. The van der Waals surface area contributed by atoms with Gasteiger partial charge < -0.3 is 5.11 Å². The maximum Gasteiger partial charge on any atom is 0.306 e. The van der Waals surface area contributed by atoms with Crippen LogP contribution in [0.5, 0.6) is 0 Å². The summed E-state index contributed by atoms with van der Waals surface area (Å²) < 4.78 is 52.3. The maximum absolute atomic E-state index is 13.1. The molecule has 0 aliphatic carbocycles. The molecule has 2 saturated heterocycles. The Bertz CT molecular complexity index is 460. The van der Waals surface area contributed by atoms with Crippen LogP contribution < -0.4 is 0 Å². The first kappa shape index (κ1) is 14.6. The van der Waals surface area contributed by atoms with E-state index in [1.807, 2.05) is 0 Å². The Balaban J connectivity index is 2.00. The first-order valence-electron chi connectivity index (χ1n) is 6.08. The van der Waals surface area contributed by atoms with Gasteiger partial charge in [-0.25, -0.2) is 8.78 Å². The smallest absolute Gasteiger partial charge is 0.306 e. The van der Waals surface area contributed by atoms with Crippen LogP contribution >= 0.6 is 0 Å². The number of nitrogens with zero attached hydrogens (tertiary/aromatic N) is 2. The molecule has 1 N–H and O–H groups in total. The third kappa shape index (κ3) is 3.03. The van der Waals surface area contributed by atoms with Crippen LogP contribution in [0.1, 0.15) is 19.3 Å². The van der Waals surface area contributed by atoms with Gasteiger partial charge in [-0.3, -0.25) is 4.79 Å². The number of carbonyl (C=O) groups is 1. The van der Waals surface area contributed by atoms with E-state index in [4.69, 9.17) is 5.11 Å². The average molecular weight is 298 g/mol. The van der Waals surface area contributed by atoms with E-state index in [9.17, 15) is 22.0 Å². The second kappa shape index (κ2) is 4.95. The lowest BCUT2D eigenvalue weighted by molar-refractivity contribution is -0.142. The molecule has 0 atom stereocenters. The van der Waals surface area contributed by atoms with Gasteiger partial charge in [-0.15, -0.1) is 0 Å². The molecule has 2 fully saturated rings. The van der Waals surface area contributed by atoms with E-state index < -0.39 is 41.0 Å². The van der Waals surface area contributed by atoms with Gasteiger partial charge in [-0.2, -0.15) is 17.0 Å². The summed E-state index contributed by atoms with van der Waals surface area (Å²) in [6.45, 7) is -0.828. The van der Waals surface area contributed by atoms with Gasteiger partial charge in [0.2, 0.25) is 0 Å². The van der Waals surface area contributed by atoms with Crippen LogP contribution in [0.15, 0.2) is 0 Å². The minimum Gasteiger partial charge on any atom is -0.481 e. The van der Waals surface area contributed by atoms with Gasteiger partial charge in [0.1, 0.15) is 0 Å². The molecule has 0 spiro atoms. The summed E-state index contributed by atoms with van der Waals surface area (Å²) in [5.74, 6) is -4.46. The number of aliphatic carboxylic acids is 1. The Kier molecular flexibility index (Phi) is 3.80. The minimum atomic E-state index is -3.89. The van der Waals surface area contributed by atoms with Crippen LogP contribution in [0.25, 0.3) is 0 Å². The molecular weight excluding hydrogens is 282 g/mol. The van der Waals surface area contributed by atoms with Crippen molar-refractivity contribution in [3.05, 3.63) is 0 Å². The highest BCUT2D eigenvalue weighted by Gasteiger charge is 2.45. The molecule has 0 bridgehead atoms. The highest BCUT2D eigenvalue weighted by atomic mass is 32.2. The van der Waals surface area contributed by atoms with Crippen LogP contribution in [0.2, 0.25) is 0 Å². The van der Waals surface area contributed by atoms with Gasteiger partial charge in [-0.05, 0) is 12.8 Å². The summed E-state index contributed by atoms with van der Waals surface area (Å²) in [6.07, 6.45) is -0.0184. The van der Waals surface area contributed by atoms with E-state index in [1.54, 1.807) is 0 Å². The highest BCUT2D eigenvalue weighted by Crippen LogP contribution is 2.31. The van der Waals surface area contributed by atoms with Gasteiger partial charge >= 0.3 is 5.97 Å². The summed E-state index contributed by atoms with van der Waals surface area (Å²) in [4.78, 5) is 10.8. The predicted octanol–water partition coefficient (Wildman–Crippen LogP) is 0.369. The van der Waals surface area contributed by atoms with E-state index in [0.717, 1.165) is 8.61 Å². The van der Waals surface area contributed by atoms with Gasteiger partial charge in [0.25, 0.3) is 16.1 Å². The van der Waals surface area contributed by atoms with Gasteiger partial charge in [0.05, 0.1) is 12.5 Å². The molecule has 0 aromatic heterocycles. The van der Waals surface area contributed by atoms with Gasteiger partial charge in [0.15, 0.2) is 0 Å². The number of hydrogen-bond acceptors (Lipinski definition) is 3. The molecule has 0 unspecified atom stereocenters. The molecule has 2 aliphatic heterocycles. The molecule has 0 aromatic rings. The lowest BCUT2D eigenvalue weighted by atomic mass is 9.99. The Hall–Kier alpha value is -0.800. The van der Waals surface area contributed by atoms with Crippen molar-refractivity contribution in [2.75, 3.05) is 26.2 Å². The zero-order valence-corrected chi connectivity index (χ0v) is 11.1. The molecule has 0 radical (unpaired) electrons. The summed E-state index contributed by atoms with van der Waals surface area (Å²) in [5.41, 5.74) is 0. The van der Waals surface area contributed by atoms with Crippen molar-refractivity contribution in [2.24, 2.45) is 5.92 Å². The van der Waals surface area contributed by atoms with Crippen LogP contribution in [0.3, 0.4) is 0 Å². The maximum atomic E-state index is 13.1. The second-order valence-corrected chi connectivity index (χ2v) is 6.89. The molecule has 0 aromatic carbocycles. The number of carboxylic acids is 1. The number of hydrogen-bond donors (Lipinski definition) is 1. The summed E-state index contributed by atoms with van der Waals surface area (Å²) in [6, 6.07) is 0. The number of rotatable bonds is 3. The molecule has 110 valence electrons. The van der Waals surface area contributed by atoms with Crippen LogP contribution in [0.4, 0.5) is 8.78 Å². The fourth-order valence-electron chi connectivity index (χ4n) is 2.40. The van der Waals surface area contributed by atoms with Crippen molar-refractivity contribution in [3.8, 4) is 0 Å². The van der Waals surface area contributed by atoms with Crippen molar-refractivity contribution in [1.29, 1.82) is 0 Å². The second-order valence-electron chi connectivity index (χ2n) is 4.96. The van der Waals surface area contributed by atoms with E-state index in [2.05, 4.69) is 0 Å². The predicted molar refractivity (Wildman–Crippen MR) is 62.0 cm³/mol.